The maximum Gasteiger partial charge on any atom is 0.241 e. The zero-order valence-corrected chi connectivity index (χ0v) is 16.7. The van der Waals surface area contributed by atoms with Gasteiger partial charge in [-0.3, -0.25) is 4.98 Å². The maximum absolute atomic E-state index is 13.0. The summed E-state index contributed by atoms with van der Waals surface area (Å²) in [6.45, 7) is 2.42. The molecule has 0 aliphatic heterocycles. The van der Waals surface area contributed by atoms with E-state index >= 15 is 0 Å². The van der Waals surface area contributed by atoms with Crippen molar-refractivity contribution in [2.45, 2.75) is 18.4 Å². The average Bonchev–Trinajstić information content (AvgIpc) is 2.72. The maximum atomic E-state index is 13.0. The highest BCUT2D eigenvalue weighted by Gasteiger charge is 2.20. The third-order valence-electron chi connectivity index (χ3n) is 4.16. The van der Waals surface area contributed by atoms with Gasteiger partial charge >= 0.3 is 0 Å². The Kier molecular flexibility index (Phi) is 6.01. The molecule has 0 bridgehead atoms. The van der Waals surface area contributed by atoms with Crippen LogP contribution in [0.3, 0.4) is 0 Å². The number of methoxy groups -OCH3 is 2. The van der Waals surface area contributed by atoms with Gasteiger partial charge in [0.05, 0.1) is 25.7 Å². The molecule has 1 aromatic heterocycles. The molecule has 1 heterocycles. The number of pyridine rings is 1. The van der Waals surface area contributed by atoms with Crippen molar-refractivity contribution in [3.63, 3.8) is 0 Å². The smallest absolute Gasteiger partial charge is 0.241 e. The first-order valence-electron chi connectivity index (χ1n) is 8.70. The second-order valence-electron chi connectivity index (χ2n) is 5.94. The second kappa shape index (κ2) is 8.45. The Morgan fingerprint density at radius 1 is 1.04 bits per heavy atom. The van der Waals surface area contributed by atoms with Gasteiger partial charge in [-0.1, -0.05) is 0 Å². The van der Waals surface area contributed by atoms with Crippen LogP contribution in [0.15, 0.2) is 53.6 Å². The molecule has 8 heteroatoms. The molecule has 0 saturated carbocycles. The van der Waals surface area contributed by atoms with Gasteiger partial charge in [0.15, 0.2) is 0 Å². The van der Waals surface area contributed by atoms with E-state index in [1.54, 1.807) is 56.8 Å². The Morgan fingerprint density at radius 3 is 2.39 bits per heavy atom. The highest BCUT2D eigenvalue weighted by molar-refractivity contribution is 7.89. The second-order valence-corrected chi connectivity index (χ2v) is 7.68. The Morgan fingerprint density at radius 2 is 1.75 bits per heavy atom. The molecular formula is C20H22N2O5S. The Balaban J connectivity index is 1.93. The molecule has 2 aromatic carbocycles. The van der Waals surface area contributed by atoms with Gasteiger partial charge < -0.3 is 14.2 Å². The molecule has 3 aromatic rings. The molecule has 0 spiro atoms. The van der Waals surface area contributed by atoms with Crippen LogP contribution >= 0.6 is 0 Å². The third kappa shape index (κ3) is 4.18. The molecule has 1 N–H and O–H groups in total. The van der Waals surface area contributed by atoms with Crippen LogP contribution in [0.2, 0.25) is 0 Å². The lowest BCUT2D eigenvalue weighted by Gasteiger charge is -2.13. The van der Waals surface area contributed by atoms with Gasteiger partial charge in [0.1, 0.15) is 22.8 Å². The topological polar surface area (TPSA) is 86.8 Å². The number of benzene rings is 2. The lowest BCUT2D eigenvalue weighted by molar-refractivity contribution is 0.343. The summed E-state index contributed by atoms with van der Waals surface area (Å²) in [5.41, 5.74) is 1.23. The van der Waals surface area contributed by atoms with Crippen LogP contribution in [0.5, 0.6) is 17.2 Å². The van der Waals surface area contributed by atoms with Crippen molar-refractivity contribution < 1.29 is 22.6 Å². The van der Waals surface area contributed by atoms with Crippen LogP contribution in [-0.4, -0.2) is 34.2 Å². The van der Waals surface area contributed by atoms with E-state index < -0.39 is 10.0 Å². The van der Waals surface area contributed by atoms with Crippen LogP contribution in [0.1, 0.15) is 12.5 Å². The number of hydrogen-bond acceptors (Lipinski definition) is 6. The summed E-state index contributed by atoms with van der Waals surface area (Å²) in [5, 5.41) is 0.504. The number of aromatic nitrogens is 1. The summed E-state index contributed by atoms with van der Waals surface area (Å²) in [5.74, 6) is 1.73. The van der Waals surface area contributed by atoms with Crippen LogP contribution < -0.4 is 18.9 Å². The molecular weight excluding hydrogens is 380 g/mol. The van der Waals surface area contributed by atoms with E-state index in [-0.39, 0.29) is 11.4 Å². The molecule has 148 valence electrons. The number of sulfonamides is 1. The van der Waals surface area contributed by atoms with Crippen molar-refractivity contribution in [3.05, 3.63) is 54.2 Å². The summed E-state index contributed by atoms with van der Waals surface area (Å²) < 4.78 is 44.6. The summed E-state index contributed by atoms with van der Waals surface area (Å²) in [7, 11) is -0.696. The highest BCUT2D eigenvalue weighted by atomic mass is 32.2. The predicted octanol–water partition coefficient (Wildman–Crippen LogP) is 3.13. The van der Waals surface area contributed by atoms with Crippen LogP contribution in [0.25, 0.3) is 10.9 Å². The molecule has 0 unspecified atom stereocenters. The largest absolute Gasteiger partial charge is 0.497 e. The Bertz CT molecular complexity index is 1060. The molecule has 0 atom stereocenters. The van der Waals surface area contributed by atoms with E-state index in [0.717, 1.165) is 0 Å². The van der Waals surface area contributed by atoms with Crippen molar-refractivity contribution in [1.82, 2.24) is 9.71 Å². The van der Waals surface area contributed by atoms with Crippen LogP contribution in [0.4, 0.5) is 0 Å². The van der Waals surface area contributed by atoms with E-state index in [2.05, 4.69) is 9.71 Å². The number of ether oxygens (including phenoxy) is 3. The molecule has 3 rings (SSSR count). The van der Waals surface area contributed by atoms with Crippen LogP contribution in [0, 0.1) is 0 Å². The number of fused-ring (bicyclic) bond motifs is 1. The fourth-order valence-corrected chi connectivity index (χ4v) is 4.07. The quantitative estimate of drug-likeness (QED) is 0.623. The first kappa shape index (κ1) is 19.9. The van der Waals surface area contributed by atoms with E-state index in [1.165, 1.54) is 6.07 Å². The first-order chi connectivity index (χ1) is 13.5. The zero-order chi connectivity index (χ0) is 20.1. The van der Waals surface area contributed by atoms with Gasteiger partial charge in [0, 0.05) is 24.2 Å². The van der Waals surface area contributed by atoms with Crippen molar-refractivity contribution in [2.75, 3.05) is 20.8 Å². The molecule has 0 fully saturated rings. The van der Waals surface area contributed by atoms with E-state index in [1.807, 2.05) is 6.92 Å². The van der Waals surface area contributed by atoms with Crippen molar-refractivity contribution in [3.8, 4) is 17.2 Å². The zero-order valence-electron chi connectivity index (χ0n) is 15.9. The average molecular weight is 402 g/mol. The molecule has 0 aliphatic carbocycles. The molecule has 0 saturated heterocycles. The summed E-state index contributed by atoms with van der Waals surface area (Å²) >= 11 is 0. The Labute approximate surface area is 164 Å². The van der Waals surface area contributed by atoms with E-state index in [9.17, 15) is 8.42 Å². The highest BCUT2D eigenvalue weighted by Crippen LogP contribution is 2.30. The van der Waals surface area contributed by atoms with Crippen molar-refractivity contribution in [1.29, 1.82) is 0 Å². The molecule has 0 amide bonds. The minimum Gasteiger partial charge on any atom is -0.497 e. The number of rotatable bonds is 8. The van der Waals surface area contributed by atoms with E-state index in [4.69, 9.17) is 14.2 Å². The summed E-state index contributed by atoms with van der Waals surface area (Å²) in [6, 6.07) is 11.8. The van der Waals surface area contributed by atoms with Gasteiger partial charge in [-0.2, -0.15) is 0 Å². The molecule has 0 aliphatic rings. The SMILES string of the molecule is CCOc1ccc(S(=O)(=O)NCc2cc(OC)cc(OC)c2)c2cccnc12. The molecule has 7 nitrogen and oxygen atoms in total. The fraction of sp³-hybridized carbons (Fsp3) is 0.250. The number of nitrogens with zero attached hydrogens (tertiary/aromatic N) is 1. The minimum absolute atomic E-state index is 0.0882. The first-order valence-corrected chi connectivity index (χ1v) is 10.2. The minimum atomic E-state index is -3.78. The summed E-state index contributed by atoms with van der Waals surface area (Å²) in [4.78, 5) is 4.43. The van der Waals surface area contributed by atoms with E-state index in [0.29, 0.717) is 40.3 Å². The normalized spacial score (nSPS) is 11.4. The lowest BCUT2D eigenvalue weighted by Crippen LogP contribution is -2.23. The van der Waals surface area contributed by atoms with Gasteiger partial charge in [-0.25, -0.2) is 13.1 Å². The lowest BCUT2D eigenvalue weighted by atomic mass is 10.2. The third-order valence-corrected chi connectivity index (χ3v) is 5.62. The van der Waals surface area contributed by atoms with Gasteiger partial charge in [-0.15, -0.1) is 0 Å². The van der Waals surface area contributed by atoms with Crippen LogP contribution in [-0.2, 0) is 16.6 Å². The van der Waals surface area contributed by atoms with Gasteiger partial charge in [-0.05, 0) is 48.9 Å². The van der Waals surface area contributed by atoms with Crippen molar-refractivity contribution >= 4 is 20.9 Å². The summed E-state index contributed by atoms with van der Waals surface area (Å²) in [6.07, 6.45) is 1.61. The predicted molar refractivity (Wildman–Crippen MR) is 106 cm³/mol. The fourth-order valence-electron chi connectivity index (χ4n) is 2.85. The Hall–Kier alpha value is -2.84. The molecule has 0 radical (unpaired) electrons. The number of nitrogens with one attached hydrogen (secondary N) is 1. The molecule has 28 heavy (non-hydrogen) atoms. The van der Waals surface area contributed by atoms with Gasteiger partial charge in [0.2, 0.25) is 10.0 Å². The standard InChI is InChI=1S/C20H22N2O5S/c1-4-27-18-7-8-19(17-6-5-9-21-20(17)18)28(23,24)22-13-14-10-15(25-2)12-16(11-14)26-3/h5-12,22H,4,13H2,1-3H3. The van der Waals surface area contributed by atoms with Crippen molar-refractivity contribution in [2.24, 2.45) is 0 Å². The number of hydrogen-bond donors (Lipinski definition) is 1. The van der Waals surface area contributed by atoms with Gasteiger partial charge in [0.25, 0.3) is 0 Å². The monoisotopic (exact) mass is 402 g/mol.